The molecule has 9 aliphatic rings. The van der Waals surface area contributed by atoms with Crippen LogP contribution in [-0.2, 0) is 24.0 Å². The summed E-state index contributed by atoms with van der Waals surface area (Å²) in [7, 11) is -3.75. The van der Waals surface area contributed by atoms with E-state index >= 15 is 0 Å². The number of ether oxygens (including phenoxy) is 1. The van der Waals surface area contributed by atoms with Gasteiger partial charge < -0.3 is 4.74 Å². The van der Waals surface area contributed by atoms with Crippen molar-refractivity contribution in [3.05, 3.63) is 23.3 Å². The van der Waals surface area contributed by atoms with Gasteiger partial charge in [-0.25, -0.2) is 12.8 Å². The van der Waals surface area contributed by atoms with E-state index in [9.17, 15) is 12.8 Å². The lowest BCUT2D eigenvalue weighted by atomic mass is 9.72. The molecular formula is C72H142FN3O3S2. The van der Waals surface area contributed by atoms with Crippen LogP contribution in [0.4, 0.5) is 4.39 Å². The van der Waals surface area contributed by atoms with Crippen molar-refractivity contribution in [2.75, 3.05) is 62.4 Å². The zero-order valence-electron chi connectivity index (χ0n) is 56.5. The molecule has 5 heterocycles. The largest absolute Gasteiger partial charge is 0.380 e. The number of piperidine rings is 1. The minimum absolute atomic E-state index is 0. The van der Waals surface area contributed by atoms with Gasteiger partial charge in [-0.2, -0.15) is 0 Å². The molecule has 5 aliphatic heterocycles. The average Bonchev–Trinajstić information content (AvgIpc) is 4.13. The quantitative estimate of drug-likeness (QED) is 0.193. The topological polar surface area (TPSA) is 62.2 Å². The standard InChI is InChI=1S/C13H24FNS.C10H20.2C10H18.C9H17NO.C9H19N.C9H18O2S.2CH4/c1-12(2,3)13(14)7-9-16(4,10-8-13)15-11-5-6-11;3*1-10(2,3)9-7-5-4-6-8-9;1-8(2,3)10-4-9(5-10)6-11-7-9;1-9(2,3)10-7-5-4-6-8-10;1-9(2,3)8-4-6-12(10,11)7-5-8;;/h11H,4-10H2,1-3H3;9H,4-8H2,1-3H3;2*7H,4-6,8H2,1-3H3;4-7H2,1-3H3;4-8H2,1-3H3;8H,4-7H2,1-3H3;2*1H4. The Kier molecular flexibility index (Phi) is 31.4. The third-order valence-corrected chi connectivity index (χ3v) is 23.6. The van der Waals surface area contributed by atoms with Crippen LogP contribution in [0.5, 0.6) is 0 Å². The van der Waals surface area contributed by atoms with Crippen molar-refractivity contribution < 1.29 is 17.5 Å². The van der Waals surface area contributed by atoms with Gasteiger partial charge in [0.25, 0.3) is 0 Å². The maximum absolute atomic E-state index is 14.7. The molecule has 1 spiro atoms. The van der Waals surface area contributed by atoms with Gasteiger partial charge in [-0.3, -0.25) is 14.2 Å². The van der Waals surface area contributed by atoms with E-state index in [1.54, 1.807) is 11.1 Å². The molecule has 0 amide bonds. The van der Waals surface area contributed by atoms with Crippen LogP contribution < -0.4 is 0 Å². The molecule has 81 heavy (non-hydrogen) atoms. The number of sulfone groups is 1. The lowest BCUT2D eigenvalue weighted by Crippen LogP contribution is -2.69. The first-order chi connectivity index (χ1) is 36.0. The van der Waals surface area contributed by atoms with Crippen LogP contribution in [0.1, 0.15) is 302 Å². The molecule has 7 fully saturated rings. The van der Waals surface area contributed by atoms with Crippen LogP contribution in [0.3, 0.4) is 0 Å². The van der Waals surface area contributed by atoms with Crippen molar-refractivity contribution in [1.29, 1.82) is 0 Å². The molecule has 482 valence electrons. The highest BCUT2D eigenvalue weighted by molar-refractivity contribution is 8.02. The molecule has 0 unspecified atom stereocenters. The van der Waals surface area contributed by atoms with Gasteiger partial charge in [0, 0.05) is 41.1 Å². The summed E-state index contributed by atoms with van der Waals surface area (Å²) in [6.07, 6.45) is 32.9. The molecule has 6 nitrogen and oxygen atoms in total. The van der Waals surface area contributed by atoms with Gasteiger partial charge in [-0.15, -0.1) is 9.41 Å². The number of hydrogen-bond donors (Lipinski definition) is 0. The second kappa shape index (κ2) is 32.5. The van der Waals surface area contributed by atoms with Gasteiger partial charge in [-0.1, -0.05) is 174 Å². The third-order valence-electron chi connectivity index (χ3n) is 19.3. The Morgan fingerprint density at radius 2 is 0.926 bits per heavy atom. The first-order valence-corrected chi connectivity index (χ1v) is 36.6. The van der Waals surface area contributed by atoms with Crippen molar-refractivity contribution in [3.8, 4) is 0 Å². The second-order valence-electron chi connectivity index (χ2n) is 33.6. The van der Waals surface area contributed by atoms with E-state index in [1.165, 1.54) is 142 Å². The van der Waals surface area contributed by atoms with E-state index in [0.29, 0.717) is 69.0 Å². The first-order valence-electron chi connectivity index (χ1n) is 32.7. The van der Waals surface area contributed by atoms with Crippen molar-refractivity contribution in [3.63, 3.8) is 0 Å². The number of rotatable bonds is 1. The van der Waals surface area contributed by atoms with Crippen LogP contribution in [-0.4, -0.2) is 109 Å². The molecule has 4 aliphatic carbocycles. The Bertz CT molecular complexity index is 1980. The van der Waals surface area contributed by atoms with Gasteiger partial charge in [0.05, 0.1) is 30.8 Å². The van der Waals surface area contributed by atoms with Crippen LogP contribution in [0.25, 0.3) is 0 Å². The summed E-state index contributed by atoms with van der Waals surface area (Å²) < 4.78 is 47.0. The van der Waals surface area contributed by atoms with E-state index in [0.717, 1.165) is 43.5 Å². The maximum atomic E-state index is 14.7. The molecular weight excluding hydrogens is 1040 g/mol. The normalized spacial score (nSPS) is 26.6. The van der Waals surface area contributed by atoms with Gasteiger partial charge in [0.2, 0.25) is 0 Å². The summed E-state index contributed by atoms with van der Waals surface area (Å²) in [5.41, 5.74) is 5.14. The summed E-state index contributed by atoms with van der Waals surface area (Å²) in [5, 5.41) is 0. The number of alkyl halides is 1. The second-order valence-corrected chi connectivity index (χ2v) is 39.0. The van der Waals surface area contributed by atoms with Crippen molar-refractivity contribution in [2.24, 2.45) is 48.7 Å². The molecule has 0 atom stereocenters. The predicted molar refractivity (Wildman–Crippen MR) is 364 cm³/mol. The van der Waals surface area contributed by atoms with Crippen molar-refractivity contribution in [2.45, 2.75) is 324 Å². The third kappa shape index (κ3) is 28.8. The van der Waals surface area contributed by atoms with E-state index in [2.05, 4.69) is 152 Å². The smallest absolute Gasteiger partial charge is 0.150 e. The van der Waals surface area contributed by atoms with Crippen LogP contribution in [0.15, 0.2) is 27.7 Å². The lowest BCUT2D eigenvalue weighted by Gasteiger charge is -2.59. The van der Waals surface area contributed by atoms with E-state index in [4.69, 9.17) is 9.10 Å². The number of nitrogens with zero attached hydrogens (tertiary/aromatic N) is 3. The predicted octanol–water partition coefficient (Wildman–Crippen LogP) is 20.7. The van der Waals surface area contributed by atoms with E-state index in [1.807, 2.05) is 20.8 Å². The number of halogens is 1. The fourth-order valence-electron chi connectivity index (χ4n) is 12.4. The molecule has 2 saturated carbocycles. The summed E-state index contributed by atoms with van der Waals surface area (Å²) in [6.45, 7) is 54.4. The SMILES string of the molecule is C.C.C=S1(=NC2CC2)CCC(F)(C(C)(C)C)CC1.CC(C)(C)C1=CCCCC1.CC(C)(C)C1=CCCCC1.CC(C)(C)C1CCCCC1.CC(C)(C)C1CCS(=O)(=O)CC1.CC(C)(C)N1CC2(COC2)C1.CC(C)(C)N1CCCCC1. The molecule has 0 bridgehead atoms. The summed E-state index contributed by atoms with van der Waals surface area (Å²) in [5.74, 6) is 8.49. The Hall–Kier alpha value is -0.740. The zero-order chi connectivity index (χ0) is 60.0. The lowest BCUT2D eigenvalue weighted by molar-refractivity contribution is -0.207. The highest BCUT2D eigenvalue weighted by Gasteiger charge is 2.51. The van der Waals surface area contributed by atoms with Crippen LogP contribution in [0.2, 0.25) is 0 Å². The van der Waals surface area contributed by atoms with Crippen LogP contribution in [0, 0.1) is 44.3 Å². The van der Waals surface area contributed by atoms with E-state index in [-0.39, 0.29) is 25.7 Å². The monoisotopic (exact) mass is 1180 g/mol. The van der Waals surface area contributed by atoms with E-state index < -0.39 is 24.9 Å². The van der Waals surface area contributed by atoms with Crippen molar-refractivity contribution >= 4 is 25.1 Å². The van der Waals surface area contributed by atoms with Gasteiger partial charge >= 0.3 is 0 Å². The molecule has 9 heteroatoms. The summed E-state index contributed by atoms with van der Waals surface area (Å²) in [4.78, 5) is 5.10. The molecule has 0 aromatic carbocycles. The average molecular weight is 1180 g/mol. The molecule has 0 radical (unpaired) electrons. The summed E-state index contributed by atoms with van der Waals surface area (Å²) >= 11 is 0. The fourth-order valence-corrected chi connectivity index (χ4v) is 16.6. The zero-order valence-corrected chi connectivity index (χ0v) is 58.1. The highest BCUT2D eigenvalue weighted by atomic mass is 32.2. The first kappa shape index (κ1) is 78.3. The molecule has 0 N–H and O–H groups in total. The Balaban J connectivity index is 0.000000474. The van der Waals surface area contributed by atoms with Crippen molar-refractivity contribution in [1.82, 2.24) is 9.80 Å². The van der Waals surface area contributed by atoms with Gasteiger partial charge in [0.1, 0.15) is 15.5 Å². The van der Waals surface area contributed by atoms with Crippen LogP contribution >= 0.6 is 0 Å². The van der Waals surface area contributed by atoms with Gasteiger partial charge in [0.15, 0.2) is 0 Å². The minimum Gasteiger partial charge on any atom is -0.380 e. The molecule has 5 saturated heterocycles. The molecule has 0 aromatic heterocycles. The number of hydrogen-bond acceptors (Lipinski definition) is 6. The molecule has 0 aromatic rings. The summed E-state index contributed by atoms with van der Waals surface area (Å²) in [6, 6.07) is 0.578. The highest BCUT2D eigenvalue weighted by Crippen LogP contribution is 2.45. The Morgan fingerprint density at radius 1 is 0.531 bits per heavy atom. The Morgan fingerprint density at radius 3 is 1.20 bits per heavy atom. The number of likely N-dealkylation sites (tertiary alicyclic amines) is 2. The number of allylic oxidation sites excluding steroid dienone is 4. The van der Waals surface area contributed by atoms with Gasteiger partial charge in [-0.05, 0) is 209 Å². The Labute approximate surface area is 508 Å². The maximum Gasteiger partial charge on any atom is 0.150 e. The fraction of sp³-hybridized carbons (Fsp3) is 0.931. The molecule has 9 rings (SSSR count). The minimum atomic E-state index is -2.68.